The molecule has 0 atom stereocenters. The van der Waals surface area contributed by atoms with Crippen molar-refractivity contribution in [1.29, 1.82) is 0 Å². The topological polar surface area (TPSA) is 64.1 Å². The van der Waals surface area contributed by atoms with E-state index in [0.717, 1.165) is 5.69 Å². The first kappa shape index (κ1) is 13.0. The number of aromatic nitrogens is 2. The lowest BCUT2D eigenvalue weighted by Crippen LogP contribution is -2.13. The van der Waals surface area contributed by atoms with E-state index in [1.165, 1.54) is 0 Å². The molecule has 0 bridgehead atoms. The molecule has 0 radical (unpaired) electrons. The van der Waals surface area contributed by atoms with Crippen molar-refractivity contribution in [2.45, 2.75) is 13.8 Å². The molecule has 19 heavy (non-hydrogen) atoms. The first-order chi connectivity index (χ1) is 9.08. The summed E-state index contributed by atoms with van der Waals surface area (Å²) >= 11 is 0. The monoisotopic (exact) mass is 257 g/mol. The smallest absolute Gasteiger partial charge is 0.256 e. The van der Waals surface area contributed by atoms with Gasteiger partial charge in [0.15, 0.2) is 0 Å². The normalized spacial score (nSPS) is 10.1. The first-order valence-electron chi connectivity index (χ1n) is 5.86. The minimum Gasteiger partial charge on any atom is -0.497 e. The molecule has 0 aliphatic rings. The zero-order valence-electron chi connectivity index (χ0n) is 11.1. The Balaban J connectivity index is 2.15. The van der Waals surface area contributed by atoms with Crippen molar-refractivity contribution in [3.8, 4) is 5.75 Å². The van der Waals surface area contributed by atoms with Gasteiger partial charge in [-0.15, -0.1) is 0 Å². The highest BCUT2D eigenvalue weighted by atomic mass is 16.5. The van der Waals surface area contributed by atoms with Crippen LogP contribution in [-0.4, -0.2) is 23.0 Å². The molecule has 0 aliphatic heterocycles. The van der Waals surface area contributed by atoms with E-state index in [0.29, 0.717) is 23.0 Å². The van der Waals surface area contributed by atoms with Crippen LogP contribution >= 0.6 is 0 Å². The molecular weight excluding hydrogens is 242 g/mol. The zero-order valence-corrected chi connectivity index (χ0v) is 11.1. The summed E-state index contributed by atoms with van der Waals surface area (Å²) in [7, 11) is 1.58. The Kier molecular flexibility index (Phi) is 3.75. The molecule has 1 amide bonds. The van der Waals surface area contributed by atoms with Crippen LogP contribution in [0.3, 0.4) is 0 Å². The van der Waals surface area contributed by atoms with Crippen LogP contribution in [0, 0.1) is 13.8 Å². The van der Waals surface area contributed by atoms with Gasteiger partial charge in [0.25, 0.3) is 5.91 Å². The molecule has 1 N–H and O–H groups in total. The van der Waals surface area contributed by atoms with E-state index in [4.69, 9.17) is 4.74 Å². The summed E-state index contributed by atoms with van der Waals surface area (Å²) < 4.78 is 5.05. The number of amides is 1. The second-order valence-electron chi connectivity index (χ2n) is 4.12. The Bertz CT molecular complexity index is 574. The molecule has 5 heteroatoms. The summed E-state index contributed by atoms with van der Waals surface area (Å²) in [4.78, 5) is 20.3. The van der Waals surface area contributed by atoms with E-state index in [2.05, 4.69) is 15.3 Å². The van der Waals surface area contributed by atoms with Crippen molar-refractivity contribution >= 4 is 11.7 Å². The fraction of sp³-hybridized carbons (Fsp3) is 0.214. The standard InChI is InChI=1S/C14H15N3O2/c1-9-8-13(16-10(2)15-9)17-14(18)11-4-6-12(19-3)7-5-11/h4-8H,1-3H3,(H,15,16,17,18). The fourth-order valence-corrected chi connectivity index (χ4v) is 1.71. The summed E-state index contributed by atoms with van der Waals surface area (Å²) in [6, 6.07) is 8.62. The predicted molar refractivity (Wildman–Crippen MR) is 72.5 cm³/mol. The molecule has 0 saturated carbocycles. The van der Waals surface area contributed by atoms with Crippen molar-refractivity contribution in [3.05, 3.63) is 47.4 Å². The Hall–Kier alpha value is -2.43. The number of methoxy groups -OCH3 is 1. The molecule has 2 rings (SSSR count). The number of rotatable bonds is 3. The van der Waals surface area contributed by atoms with Gasteiger partial charge in [-0.3, -0.25) is 4.79 Å². The maximum absolute atomic E-state index is 12.0. The summed E-state index contributed by atoms with van der Waals surface area (Å²) in [5.41, 5.74) is 1.37. The quantitative estimate of drug-likeness (QED) is 0.916. The van der Waals surface area contributed by atoms with Gasteiger partial charge in [-0.2, -0.15) is 0 Å². The fourth-order valence-electron chi connectivity index (χ4n) is 1.71. The maximum atomic E-state index is 12.0. The van der Waals surface area contributed by atoms with Gasteiger partial charge in [0.1, 0.15) is 17.4 Å². The van der Waals surface area contributed by atoms with Gasteiger partial charge < -0.3 is 10.1 Å². The molecule has 1 heterocycles. The molecule has 0 aliphatic carbocycles. The number of hydrogen-bond acceptors (Lipinski definition) is 4. The van der Waals surface area contributed by atoms with E-state index >= 15 is 0 Å². The second kappa shape index (κ2) is 5.48. The van der Waals surface area contributed by atoms with E-state index in [9.17, 15) is 4.79 Å². The van der Waals surface area contributed by atoms with Gasteiger partial charge in [-0.05, 0) is 38.1 Å². The summed E-state index contributed by atoms with van der Waals surface area (Å²) in [6.45, 7) is 3.65. The lowest BCUT2D eigenvalue weighted by atomic mass is 10.2. The Morgan fingerprint density at radius 3 is 2.42 bits per heavy atom. The molecule has 1 aromatic carbocycles. The predicted octanol–water partition coefficient (Wildman–Crippen LogP) is 2.35. The number of anilines is 1. The van der Waals surface area contributed by atoms with Crippen LogP contribution in [-0.2, 0) is 0 Å². The van der Waals surface area contributed by atoms with Crippen LogP contribution in [0.5, 0.6) is 5.75 Å². The molecule has 0 unspecified atom stereocenters. The molecular formula is C14H15N3O2. The van der Waals surface area contributed by atoms with Crippen LogP contribution in [0.15, 0.2) is 30.3 Å². The third-order valence-electron chi connectivity index (χ3n) is 2.56. The Labute approximate surface area is 111 Å². The third-order valence-corrected chi connectivity index (χ3v) is 2.56. The number of nitrogens with zero attached hydrogens (tertiary/aromatic N) is 2. The van der Waals surface area contributed by atoms with Crippen LogP contribution in [0.25, 0.3) is 0 Å². The van der Waals surface area contributed by atoms with Crippen LogP contribution in [0.1, 0.15) is 21.9 Å². The highest BCUT2D eigenvalue weighted by Gasteiger charge is 2.07. The summed E-state index contributed by atoms with van der Waals surface area (Å²) in [6.07, 6.45) is 0. The van der Waals surface area contributed by atoms with E-state index in [-0.39, 0.29) is 5.91 Å². The highest BCUT2D eigenvalue weighted by Crippen LogP contribution is 2.13. The molecule has 0 fully saturated rings. The molecule has 5 nitrogen and oxygen atoms in total. The van der Waals surface area contributed by atoms with Crippen LogP contribution in [0.2, 0.25) is 0 Å². The van der Waals surface area contributed by atoms with E-state index < -0.39 is 0 Å². The van der Waals surface area contributed by atoms with Crippen LogP contribution in [0.4, 0.5) is 5.82 Å². The number of hydrogen-bond donors (Lipinski definition) is 1. The molecule has 0 spiro atoms. The number of nitrogens with one attached hydrogen (secondary N) is 1. The molecule has 1 aromatic heterocycles. The van der Waals surface area contributed by atoms with Crippen molar-refractivity contribution in [2.75, 3.05) is 12.4 Å². The van der Waals surface area contributed by atoms with Gasteiger partial charge in [0.05, 0.1) is 7.11 Å². The van der Waals surface area contributed by atoms with Crippen molar-refractivity contribution < 1.29 is 9.53 Å². The van der Waals surface area contributed by atoms with Crippen LogP contribution < -0.4 is 10.1 Å². The molecule has 98 valence electrons. The second-order valence-corrected chi connectivity index (χ2v) is 4.12. The minimum atomic E-state index is -0.208. The molecule has 0 saturated heterocycles. The Morgan fingerprint density at radius 2 is 1.84 bits per heavy atom. The summed E-state index contributed by atoms with van der Waals surface area (Å²) in [5.74, 6) is 1.64. The average molecular weight is 257 g/mol. The minimum absolute atomic E-state index is 0.208. The number of aryl methyl sites for hydroxylation is 2. The van der Waals surface area contributed by atoms with Crippen molar-refractivity contribution in [1.82, 2.24) is 9.97 Å². The molecule has 2 aromatic rings. The van der Waals surface area contributed by atoms with Gasteiger partial charge in [0, 0.05) is 17.3 Å². The number of carbonyl (C=O) groups excluding carboxylic acids is 1. The van der Waals surface area contributed by atoms with E-state index in [1.54, 1.807) is 44.4 Å². The first-order valence-corrected chi connectivity index (χ1v) is 5.86. The van der Waals surface area contributed by atoms with Gasteiger partial charge in [-0.1, -0.05) is 0 Å². The summed E-state index contributed by atoms with van der Waals surface area (Å²) in [5, 5.41) is 2.75. The Morgan fingerprint density at radius 1 is 1.16 bits per heavy atom. The lowest BCUT2D eigenvalue weighted by Gasteiger charge is -2.06. The number of benzene rings is 1. The maximum Gasteiger partial charge on any atom is 0.256 e. The SMILES string of the molecule is COc1ccc(C(=O)Nc2cc(C)nc(C)n2)cc1. The lowest BCUT2D eigenvalue weighted by molar-refractivity contribution is 0.102. The highest BCUT2D eigenvalue weighted by molar-refractivity contribution is 6.03. The van der Waals surface area contributed by atoms with Gasteiger partial charge in [-0.25, -0.2) is 9.97 Å². The average Bonchev–Trinajstić information content (AvgIpc) is 2.37. The zero-order chi connectivity index (χ0) is 13.8. The third kappa shape index (κ3) is 3.28. The van der Waals surface area contributed by atoms with E-state index in [1.807, 2.05) is 6.92 Å². The largest absolute Gasteiger partial charge is 0.497 e. The van der Waals surface area contributed by atoms with Crippen molar-refractivity contribution in [2.24, 2.45) is 0 Å². The van der Waals surface area contributed by atoms with Gasteiger partial charge >= 0.3 is 0 Å². The van der Waals surface area contributed by atoms with Gasteiger partial charge in [0.2, 0.25) is 0 Å². The number of carbonyl (C=O) groups is 1. The number of ether oxygens (including phenoxy) is 1. The van der Waals surface area contributed by atoms with Crippen molar-refractivity contribution in [3.63, 3.8) is 0 Å².